The van der Waals surface area contributed by atoms with Gasteiger partial charge in [-0.2, -0.15) is 0 Å². The Bertz CT molecular complexity index is 467. The molecule has 0 aliphatic heterocycles. The molecular formula is C13H19N3O3. The third-order valence-electron chi connectivity index (χ3n) is 2.28. The normalized spacial score (nSPS) is 10.9. The number of nitrogens with two attached hydrogens (primary N) is 1. The SMILES string of the molecule is CC(C)(C)OC(=O)NCCc1cncc(N)c1C=O. The predicted molar refractivity (Wildman–Crippen MR) is 72.0 cm³/mol. The molecule has 0 atom stereocenters. The van der Waals surface area contributed by atoms with E-state index in [1.165, 1.54) is 6.20 Å². The highest BCUT2D eigenvalue weighted by atomic mass is 16.6. The number of aldehydes is 1. The van der Waals surface area contributed by atoms with Gasteiger partial charge in [-0.1, -0.05) is 0 Å². The molecule has 0 radical (unpaired) electrons. The van der Waals surface area contributed by atoms with Crippen LogP contribution in [0.25, 0.3) is 0 Å². The van der Waals surface area contributed by atoms with Crippen LogP contribution in [0.15, 0.2) is 12.4 Å². The summed E-state index contributed by atoms with van der Waals surface area (Å²) in [5.74, 6) is 0. The van der Waals surface area contributed by atoms with Gasteiger partial charge in [0.25, 0.3) is 0 Å². The number of nitrogen functional groups attached to an aromatic ring is 1. The highest BCUT2D eigenvalue weighted by molar-refractivity contribution is 5.84. The maximum Gasteiger partial charge on any atom is 0.407 e. The van der Waals surface area contributed by atoms with E-state index in [-0.39, 0.29) is 0 Å². The number of nitrogens with one attached hydrogen (secondary N) is 1. The van der Waals surface area contributed by atoms with E-state index in [0.717, 1.165) is 0 Å². The van der Waals surface area contributed by atoms with E-state index in [0.29, 0.717) is 36.1 Å². The van der Waals surface area contributed by atoms with Crippen molar-refractivity contribution in [2.75, 3.05) is 12.3 Å². The largest absolute Gasteiger partial charge is 0.444 e. The molecule has 0 spiro atoms. The predicted octanol–water partition coefficient (Wildman–Crippen LogP) is 1.54. The maximum atomic E-state index is 11.4. The van der Waals surface area contributed by atoms with Gasteiger partial charge < -0.3 is 15.8 Å². The van der Waals surface area contributed by atoms with Gasteiger partial charge in [0.2, 0.25) is 0 Å². The topological polar surface area (TPSA) is 94.3 Å². The van der Waals surface area contributed by atoms with Crippen LogP contribution in [-0.2, 0) is 11.2 Å². The summed E-state index contributed by atoms with van der Waals surface area (Å²) in [6, 6.07) is 0. The summed E-state index contributed by atoms with van der Waals surface area (Å²) in [4.78, 5) is 26.3. The first-order valence-electron chi connectivity index (χ1n) is 5.98. The quantitative estimate of drug-likeness (QED) is 0.805. The summed E-state index contributed by atoms with van der Waals surface area (Å²) in [5.41, 5.74) is 6.57. The lowest BCUT2D eigenvalue weighted by Gasteiger charge is -2.19. The Labute approximate surface area is 112 Å². The average molecular weight is 265 g/mol. The minimum atomic E-state index is -0.531. The molecule has 3 N–H and O–H groups in total. The van der Waals surface area contributed by atoms with E-state index in [4.69, 9.17) is 10.5 Å². The lowest BCUT2D eigenvalue weighted by atomic mass is 10.1. The second kappa shape index (κ2) is 6.17. The highest BCUT2D eigenvalue weighted by Crippen LogP contribution is 2.13. The second-order valence-electron chi connectivity index (χ2n) is 5.10. The molecule has 0 aliphatic carbocycles. The zero-order valence-electron chi connectivity index (χ0n) is 11.4. The Morgan fingerprint density at radius 2 is 2.16 bits per heavy atom. The zero-order chi connectivity index (χ0) is 14.5. The number of rotatable bonds is 4. The molecule has 0 saturated heterocycles. The second-order valence-corrected chi connectivity index (χ2v) is 5.10. The number of hydrogen-bond donors (Lipinski definition) is 2. The van der Waals surface area contributed by atoms with Gasteiger partial charge in [-0.3, -0.25) is 9.78 Å². The Kier molecular flexibility index (Phi) is 4.86. The Morgan fingerprint density at radius 3 is 2.74 bits per heavy atom. The van der Waals surface area contributed by atoms with Crippen LogP contribution < -0.4 is 11.1 Å². The highest BCUT2D eigenvalue weighted by Gasteiger charge is 2.15. The van der Waals surface area contributed by atoms with Gasteiger partial charge in [0.1, 0.15) is 5.60 Å². The van der Waals surface area contributed by atoms with Crippen molar-refractivity contribution in [2.24, 2.45) is 0 Å². The van der Waals surface area contributed by atoms with Crippen molar-refractivity contribution in [2.45, 2.75) is 32.8 Å². The summed E-state index contributed by atoms with van der Waals surface area (Å²) in [7, 11) is 0. The standard InChI is InChI=1S/C13H19N3O3/c1-13(2,3)19-12(18)16-5-4-9-6-15-7-11(14)10(9)8-17/h6-8H,4-5,14H2,1-3H3,(H,16,18). The van der Waals surface area contributed by atoms with Crippen LogP contribution in [0, 0.1) is 0 Å². The molecule has 0 bridgehead atoms. The minimum absolute atomic E-state index is 0.338. The molecule has 0 aliphatic rings. The number of anilines is 1. The molecule has 1 rings (SSSR count). The van der Waals surface area contributed by atoms with Crippen molar-refractivity contribution in [1.82, 2.24) is 10.3 Å². The van der Waals surface area contributed by atoms with Crippen molar-refractivity contribution in [3.05, 3.63) is 23.5 Å². The van der Waals surface area contributed by atoms with Gasteiger partial charge in [0, 0.05) is 18.3 Å². The third-order valence-corrected chi connectivity index (χ3v) is 2.28. The average Bonchev–Trinajstić information content (AvgIpc) is 2.26. The van der Waals surface area contributed by atoms with Gasteiger partial charge in [-0.15, -0.1) is 0 Å². The molecule has 6 heteroatoms. The fourth-order valence-corrected chi connectivity index (χ4v) is 1.49. The molecule has 0 saturated carbocycles. The number of aromatic nitrogens is 1. The molecule has 6 nitrogen and oxygen atoms in total. The van der Waals surface area contributed by atoms with Crippen molar-refractivity contribution in [3.63, 3.8) is 0 Å². The van der Waals surface area contributed by atoms with E-state index in [2.05, 4.69) is 10.3 Å². The molecule has 1 amide bonds. The van der Waals surface area contributed by atoms with Crippen molar-refractivity contribution in [1.29, 1.82) is 0 Å². The number of pyridine rings is 1. The Balaban J connectivity index is 2.52. The summed E-state index contributed by atoms with van der Waals surface area (Å²) in [5, 5.41) is 2.61. The zero-order valence-corrected chi connectivity index (χ0v) is 11.4. The number of alkyl carbamates (subject to hydrolysis) is 1. The molecule has 1 aromatic heterocycles. The first-order chi connectivity index (χ1) is 8.83. The van der Waals surface area contributed by atoms with E-state index in [9.17, 15) is 9.59 Å². The van der Waals surface area contributed by atoms with Gasteiger partial charge in [-0.25, -0.2) is 4.79 Å². The summed E-state index contributed by atoms with van der Waals surface area (Å²) < 4.78 is 5.10. The van der Waals surface area contributed by atoms with Gasteiger partial charge in [0.15, 0.2) is 6.29 Å². The maximum absolute atomic E-state index is 11.4. The lowest BCUT2D eigenvalue weighted by molar-refractivity contribution is 0.0528. The molecule has 1 heterocycles. The number of amides is 1. The minimum Gasteiger partial charge on any atom is -0.444 e. The van der Waals surface area contributed by atoms with E-state index in [1.807, 2.05) is 0 Å². The fraction of sp³-hybridized carbons (Fsp3) is 0.462. The van der Waals surface area contributed by atoms with Gasteiger partial charge in [-0.05, 0) is 32.8 Å². The number of nitrogens with zero attached hydrogens (tertiary/aromatic N) is 1. The fourth-order valence-electron chi connectivity index (χ4n) is 1.49. The summed E-state index contributed by atoms with van der Waals surface area (Å²) >= 11 is 0. The lowest BCUT2D eigenvalue weighted by Crippen LogP contribution is -2.33. The first-order valence-corrected chi connectivity index (χ1v) is 5.98. The van der Waals surface area contributed by atoms with Crippen LogP contribution in [-0.4, -0.2) is 29.5 Å². The molecule has 1 aromatic rings. The van der Waals surface area contributed by atoms with Crippen LogP contribution in [0.1, 0.15) is 36.7 Å². The van der Waals surface area contributed by atoms with Crippen LogP contribution in [0.4, 0.5) is 10.5 Å². The number of carbonyl (C=O) groups excluding carboxylic acids is 2. The van der Waals surface area contributed by atoms with Crippen molar-refractivity contribution < 1.29 is 14.3 Å². The third kappa shape index (κ3) is 4.95. The van der Waals surface area contributed by atoms with E-state index < -0.39 is 11.7 Å². The van der Waals surface area contributed by atoms with E-state index in [1.54, 1.807) is 27.0 Å². The molecule has 0 fully saturated rings. The van der Waals surface area contributed by atoms with Crippen LogP contribution in [0.5, 0.6) is 0 Å². The smallest absolute Gasteiger partial charge is 0.407 e. The first kappa shape index (κ1) is 14.9. The van der Waals surface area contributed by atoms with Crippen molar-refractivity contribution in [3.8, 4) is 0 Å². The summed E-state index contributed by atoms with van der Waals surface area (Å²) in [6.45, 7) is 5.72. The van der Waals surface area contributed by atoms with Crippen LogP contribution in [0.3, 0.4) is 0 Å². The van der Waals surface area contributed by atoms with Crippen molar-refractivity contribution >= 4 is 18.1 Å². The van der Waals surface area contributed by atoms with Gasteiger partial charge in [0.05, 0.1) is 11.9 Å². The van der Waals surface area contributed by atoms with E-state index >= 15 is 0 Å². The molecule has 0 aromatic carbocycles. The number of hydrogen-bond acceptors (Lipinski definition) is 5. The Hall–Kier alpha value is -2.11. The Morgan fingerprint density at radius 1 is 1.47 bits per heavy atom. The van der Waals surface area contributed by atoms with Gasteiger partial charge >= 0.3 is 6.09 Å². The molecule has 19 heavy (non-hydrogen) atoms. The van der Waals surface area contributed by atoms with Crippen LogP contribution >= 0.6 is 0 Å². The molecular weight excluding hydrogens is 246 g/mol. The van der Waals surface area contributed by atoms with Crippen LogP contribution in [0.2, 0.25) is 0 Å². The summed E-state index contributed by atoms with van der Waals surface area (Å²) in [6.07, 6.45) is 3.66. The molecule has 104 valence electrons. The molecule has 0 unspecified atom stereocenters. The monoisotopic (exact) mass is 265 g/mol. The number of ether oxygens (including phenoxy) is 1. The number of carbonyl (C=O) groups is 2.